The number of benzene rings is 2. The second-order valence-corrected chi connectivity index (χ2v) is 9.91. The third kappa shape index (κ3) is 4.91. The van der Waals surface area contributed by atoms with E-state index in [-0.39, 0.29) is 23.0 Å². The summed E-state index contributed by atoms with van der Waals surface area (Å²) in [5.74, 6) is 0.0291. The van der Waals surface area contributed by atoms with Gasteiger partial charge in [0, 0.05) is 28.5 Å². The van der Waals surface area contributed by atoms with Crippen LogP contribution in [0.4, 0.5) is 0 Å². The summed E-state index contributed by atoms with van der Waals surface area (Å²) in [4.78, 5) is 36.0. The van der Waals surface area contributed by atoms with Crippen molar-refractivity contribution in [3.05, 3.63) is 53.0 Å². The van der Waals surface area contributed by atoms with Gasteiger partial charge in [-0.15, -0.1) is 0 Å². The first-order valence-electron chi connectivity index (χ1n) is 10.2. The van der Waals surface area contributed by atoms with Gasteiger partial charge < -0.3 is 10.6 Å². The topological polar surface area (TPSA) is 89.2 Å². The number of carbonyl (C=O) groups excluding carboxylic acids is 2. The first-order valence-corrected chi connectivity index (χ1v) is 11.9. The highest BCUT2D eigenvalue weighted by atomic mass is 79.9. The number of carbonyl (C=O) groups is 2. The highest BCUT2D eigenvalue weighted by molar-refractivity contribution is 9.10. The van der Waals surface area contributed by atoms with Gasteiger partial charge >= 0.3 is 0 Å². The average molecular weight is 499 g/mol. The molecule has 1 fully saturated rings. The van der Waals surface area contributed by atoms with Gasteiger partial charge in [0.05, 0.1) is 16.7 Å². The van der Waals surface area contributed by atoms with Crippen LogP contribution in [0.15, 0.2) is 58.0 Å². The SMILES string of the molecule is CC(Sc1nc(-c2ccc(Br)cc2)nc2ccccc12)C(=O)N1CCCC(C(N)=O)C1. The number of likely N-dealkylation sites (tertiary alicyclic amines) is 1. The maximum Gasteiger partial charge on any atom is 0.235 e. The number of nitrogens with zero attached hydrogens (tertiary/aromatic N) is 3. The highest BCUT2D eigenvalue weighted by Gasteiger charge is 2.30. The van der Waals surface area contributed by atoms with E-state index in [1.807, 2.05) is 55.5 Å². The molecule has 2 amide bonds. The van der Waals surface area contributed by atoms with E-state index in [1.54, 1.807) is 4.90 Å². The number of hydrogen-bond donors (Lipinski definition) is 1. The molecule has 1 saturated heterocycles. The minimum atomic E-state index is -0.345. The van der Waals surface area contributed by atoms with Crippen molar-refractivity contribution in [1.29, 1.82) is 0 Å². The highest BCUT2D eigenvalue weighted by Crippen LogP contribution is 2.32. The summed E-state index contributed by atoms with van der Waals surface area (Å²) in [6.07, 6.45) is 1.54. The van der Waals surface area contributed by atoms with Crippen molar-refractivity contribution < 1.29 is 9.59 Å². The third-order valence-electron chi connectivity index (χ3n) is 5.44. The molecule has 2 unspecified atom stereocenters. The maximum absolute atomic E-state index is 13.1. The minimum Gasteiger partial charge on any atom is -0.369 e. The Morgan fingerprint density at radius 2 is 1.90 bits per heavy atom. The Labute approximate surface area is 193 Å². The molecule has 0 aliphatic carbocycles. The zero-order chi connectivity index (χ0) is 22.0. The second-order valence-electron chi connectivity index (χ2n) is 7.66. The third-order valence-corrected chi connectivity index (χ3v) is 7.06. The van der Waals surface area contributed by atoms with Crippen molar-refractivity contribution >= 4 is 50.4 Å². The largest absolute Gasteiger partial charge is 0.369 e. The number of aromatic nitrogens is 2. The van der Waals surface area contributed by atoms with Crippen LogP contribution in [0.2, 0.25) is 0 Å². The number of piperidine rings is 1. The van der Waals surface area contributed by atoms with E-state index in [1.165, 1.54) is 11.8 Å². The number of thioether (sulfide) groups is 1. The van der Waals surface area contributed by atoms with Gasteiger partial charge in [-0.1, -0.05) is 58.0 Å². The Morgan fingerprint density at radius 1 is 1.16 bits per heavy atom. The summed E-state index contributed by atoms with van der Waals surface area (Å²) in [5.41, 5.74) is 7.22. The fraction of sp³-hybridized carbons (Fsp3) is 0.304. The molecule has 4 rings (SSSR count). The van der Waals surface area contributed by atoms with Crippen LogP contribution in [0, 0.1) is 5.92 Å². The van der Waals surface area contributed by atoms with Gasteiger partial charge in [0.25, 0.3) is 0 Å². The fourth-order valence-corrected chi connectivity index (χ4v) is 5.04. The maximum atomic E-state index is 13.1. The van der Waals surface area contributed by atoms with Crippen LogP contribution in [-0.4, -0.2) is 45.0 Å². The quantitative estimate of drug-likeness (QED) is 0.419. The number of nitrogens with two attached hydrogens (primary N) is 1. The summed E-state index contributed by atoms with van der Waals surface area (Å²) >= 11 is 4.88. The Kier molecular flexibility index (Phi) is 6.57. The molecule has 2 heterocycles. The molecule has 1 aliphatic heterocycles. The number of hydrogen-bond acceptors (Lipinski definition) is 5. The number of amides is 2. The summed E-state index contributed by atoms with van der Waals surface area (Å²) in [7, 11) is 0. The summed E-state index contributed by atoms with van der Waals surface area (Å²) in [6, 6.07) is 15.7. The lowest BCUT2D eigenvalue weighted by Crippen LogP contribution is -2.46. The zero-order valence-electron chi connectivity index (χ0n) is 17.1. The van der Waals surface area contributed by atoms with Gasteiger partial charge in [-0.25, -0.2) is 9.97 Å². The molecule has 2 N–H and O–H groups in total. The molecule has 1 aromatic heterocycles. The van der Waals surface area contributed by atoms with Crippen LogP contribution in [-0.2, 0) is 9.59 Å². The van der Waals surface area contributed by atoms with Crippen LogP contribution >= 0.6 is 27.7 Å². The Hall–Kier alpha value is -2.45. The van der Waals surface area contributed by atoms with Gasteiger partial charge in [-0.05, 0) is 38.0 Å². The number of fused-ring (bicyclic) bond motifs is 1. The predicted molar refractivity (Wildman–Crippen MR) is 126 cm³/mol. The van der Waals surface area contributed by atoms with Crippen molar-refractivity contribution in [1.82, 2.24) is 14.9 Å². The van der Waals surface area contributed by atoms with Gasteiger partial charge in [0.1, 0.15) is 5.03 Å². The molecule has 3 aromatic rings. The van der Waals surface area contributed by atoms with Crippen molar-refractivity contribution in [3.63, 3.8) is 0 Å². The average Bonchev–Trinajstić information content (AvgIpc) is 2.79. The molecule has 6 nitrogen and oxygen atoms in total. The van der Waals surface area contributed by atoms with Gasteiger partial charge in [-0.3, -0.25) is 9.59 Å². The van der Waals surface area contributed by atoms with Crippen LogP contribution < -0.4 is 5.73 Å². The molecule has 160 valence electrons. The molecule has 31 heavy (non-hydrogen) atoms. The van der Waals surface area contributed by atoms with Crippen molar-refractivity contribution in [3.8, 4) is 11.4 Å². The van der Waals surface area contributed by atoms with E-state index in [0.29, 0.717) is 18.9 Å². The molecular formula is C23H23BrN4O2S. The van der Waals surface area contributed by atoms with Crippen molar-refractivity contribution in [2.45, 2.75) is 30.0 Å². The zero-order valence-corrected chi connectivity index (χ0v) is 19.5. The van der Waals surface area contributed by atoms with Crippen molar-refractivity contribution in [2.24, 2.45) is 11.7 Å². The van der Waals surface area contributed by atoms with Crippen LogP contribution in [0.5, 0.6) is 0 Å². The molecular weight excluding hydrogens is 476 g/mol. The standard InChI is InChI=1S/C23H23BrN4O2S/c1-14(23(30)28-12-4-5-16(13-28)20(25)29)31-22-18-6-2-3-7-19(18)26-21(27-22)15-8-10-17(24)11-9-15/h2-3,6-11,14,16H,4-5,12-13H2,1H3,(H2,25,29). The normalized spacial score (nSPS) is 17.5. The fourth-order valence-electron chi connectivity index (χ4n) is 3.75. The van der Waals surface area contributed by atoms with E-state index in [4.69, 9.17) is 15.7 Å². The van der Waals surface area contributed by atoms with E-state index >= 15 is 0 Å². The second kappa shape index (κ2) is 9.36. The minimum absolute atomic E-state index is 0.00355. The van der Waals surface area contributed by atoms with Gasteiger partial charge in [-0.2, -0.15) is 0 Å². The van der Waals surface area contributed by atoms with E-state index in [2.05, 4.69) is 15.9 Å². The Balaban J connectivity index is 1.61. The molecule has 2 atom stereocenters. The molecule has 2 aromatic carbocycles. The van der Waals surface area contributed by atoms with Crippen LogP contribution in [0.3, 0.4) is 0 Å². The van der Waals surface area contributed by atoms with E-state index in [9.17, 15) is 9.59 Å². The number of rotatable bonds is 5. The smallest absolute Gasteiger partial charge is 0.235 e. The Morgan fingerprint density at radius 3 is 2.65 bits per heavy atom. The molecule has 0 bridgehead atoms. The van der Waals surface area contributed by atoms with Crippen LogP contribution in [0.1, 0.15) is 19.8 Å². The van der Waals surface area contributed by atoms with E-state index < -0.39 is 0 Å². The molecule has 1 aliphatic rings. The summed E-state index contributed by atoms with van der Waals surface area (Å²) in [5, 5.41) is 1.34. The first-order chi connectivity index (χ1) is 14.9. The van der Waals surface area contributed by atoms with Gasteiger partial charge in [0.2, 0.25) is 11.8 Å². The lowest BCUT2D eigenvalue weighted by atomic mass is 9.97. The molecule has 0 radical (unpaired) electrons. The van der Waals surface area contributed by atoms with E-state index in [0.717, 1.165) is 38.8 Å². The molecule has 8 heteroatoms. The predicted octanol–water partition coefficient (Wildman–Crippen LogP) is 4.26. The molecule has 0 saturated carbocycles. The van der Waals surface area contributed by atoms with Gasteiger partial charge in [0.15, 0.2) is 5.82 Å². The van der Waals surface area contributed by atoms with Crippen LogP contribution in [0.25, 0.3) is 22.3 Å². The lowest BCUT2D eigenvalue weighted by Gasteiger charge is -2.32. The number of primary amides is 1. The lowest BCUT2D eigenvalue weighted by molar-refractivity contribution is -0.134. The number of para-hydroxylation sites is 1. The summed E-state index contributed by atoms with van der Waals surface area (Å²) < 4.78 is 0.988. The summed E-state index contributed by atoms with van der Waals surface area (Å²) in [6.45, 7) is 2.94. The monoisotopic (exact) mass is 498 g/mol. The van der Waals surface area contributed by atoms with Crippen molar-refractivity contribution in [2.75, 3.05) is 13.1 Å². The first kappa shape index (κ1) is 21.8. The Bertz CT molecular complexity index is 1120. The molecule has 0 spiro atoms. The number of halogens is 1.